The molecular formula is C21H16N4O2S. The number of pyridine rings is 1. The molecule has 2 aromatic heterocycles. The molecule has 0 saturated carbocycles. The summed E-state index contributed by atoms with van der Waals surface area (Å²) in [6.45, 7) is 0. The molecule has 4 aromatic rings. The number of sulfonamides is 1. The Labute approximate surface area is 162 Å². The van der Waals surface area contributed by atoms with Gasteiger partial charge in [-0.2, -0.15) is 5.10 Å². The number of aromatic nitrogens is 3. The summed E-state index contributed by atoms with van der Waals surface area (Å²) in [6, 6.07) is 18.7. The summed E-state index contributed by atoms with van der Waals surface area (Å²) in [4.78, 5) is 4.28. The maximum Gasteiger partial charge on any atom is 0.263 e. The average molecular weight is 388 g/mol. The molecule has 2 heterocycles. The SMILES string of the molecule is O=S(=O)(Nc1cc(-c2cccnc2)[nH]n1)c1ccc2c(c1)Cc1ccccc1-2. The minimum absolute atomic E-state index is 0.227. The van der Waals surface area contributed by atoms with Crippen molar-refractivity contribution in [3.05, 3.63) is 84.2 Å². The van der Waals surface area contributed by atoms with E-state index in [2.05, 4.69) is 32.0 Å². The van der Waals surface area contributed by atoms with Gasteiger partial charge in [0.05, 0.1) is 10.6 Å². The molecule has 28 heavy (non-hydrogen) atoms. The standard InChI is InChI=1S/C21H16N4O2S/c26-28(27,25-21-12-20(23-24-21)15-5-3-9-22-13-15)17-7-8-19-16(11-17)10-14-4-1-2-6-18(14)19/h1-9,11-13H,10H2,(H2,23,24,25). The summed E-state index contributed by atoms with van der Waals surface area (Å²) in [7, 11) is -3.74. The van der Waals surface area contributed by atoms with E-state index in [4.69, 9.17) is 0 Å². The highest BCUT2D eigenvalue weighted by Crippen LogP contribution is 2.37. The maximum absolute atomic E-state index is 12.8. The Morgan fingerprint density at radius 1 is 0.929 bits per heavy atom. The Balaban J connectivity index is 1.43. The van der Waals surface area contributed by atoms with Gasteiger partial charge >= 0.3 is 0 Å². The van der Waals surface area contributed by atoms with Crippen LogP contribution in [0.25, 0.3) is 22.4 Å². The molecule has 0 radical (unpaired) electrons. The van der Waals surface area contributed by atoms with E-state index in [-0.39, 0.29) is 10.7 Å². The van der Waals surface area contributed by atoms with E-state index in [1.54, 1.807) is 30.6 Å². The van der Waals surface area contributed by atoms with Crippen molar-refractivity contribution in [2.24, 2.45) is 0 Å². The van der Waals surface area contributed by atoms with Crippen LogP contribution in [0.15, 0.2) is 78.0 Å². The number of fused-ring (bicyclic) bond motifs is 3. The number of hydrogen-bond donors (Lipinski definition) is 2. The van der Waals surface area contributed by atoms with Crippen LogP contribution >= 0.6 is 0 Å². The number of anilines is 1. The van der Waals surface area contributed by atoms with Crippen LogP contribution in [0.2, 0.25) is 0 Å². The summed E-state index contributed by atoms with van der Waals surface area (Å²) in [6.07, 6.45) is 4.10. The molecule has 5 rings (SSSR count). The molecule has 2 N–H and O–H groups in total. The number of rotatable bonds is 4. The summed E-state index contributed by atoms with van der Waals surface area (Å²) >= 11 is 0. The molecule has 0 aliphatic heterocycles. The molecule has 2 aromatic carbocycles. The van der Waals surface area contributed by atoms with Crippen molar-refractivity contribution in [3.8, 4) is 22.4 Å². The second-order valence-corrected chi connectivity index (χ2v) is 8.35. The third kappa shape index (κ3) is 2.86. The van der Waals surface area contributed by atoms with Crippen LogP contribution < -0.4 is 4.72 Å². The van der Waals surface area contributed by atoms with Crippen molar-refractivity contribution in [1.29, 1.82) is 0 Å². The molecule has 0 spiro atoms. The van der Waals surface area contributed by atoms with Crippen LogP contribution in [0, 0.1) is 0 Å². The number of nitrogens with one attached hydrogen (secondary N) is 2. The molecule has 0 saturated heterocycles. The van der Waals surface area contributed by atoms with Crippen LogP contribution in [0.1, 0.15) is 11.1 Å². The Hall–Kier alpha value is -3.45. The van der Waals surface area contributed by atoms with Gasteiger partial charge in [-0.25, -0.2) is 8.42 Å². The summed E-state index contributed by atoms with van der Waals surface area (Å²) in [5, 5.41) is 6.90. The maximum atomic E-state index is 12.8. The van der Waals surface area contributed by atoms with Gasteiger partial charge in [0.15, 0.2) is 5.82 Å². The molecule has 138 valence electrons. The first-order valence-electron chi connectivity index (χ1n) is 8.80. The zero-order chi connectivity index (χ0) is 19.1. The molecule has 0 bridgehead atoms. The van der Waals surface area contributed by atoms with E-state index >= 15 is 0 Å². The van der Waals surface area contributed by atoms with E-state index in [1.807, 2.05) is 30.3 Å². The lowest BCUT2D eigenvalue weighted by Gasteiger charge is -2.07. The van der Waals surface area contributed by atoms with Gasteiger partial charge in [0.2, 0.25) is 0 Å². The van der Waals surface area contributed by atoms with Crippen LogP contribution in [-0.2, 0) is 16.4 Å². The highest BCUT2D eigenvalue weighted by molar-refractivity contribution is 7.92. The van der Waals surface area contributed by atoms with Crippen LogP contribution in [-0.4, -0.2) is 23.6 Å². The fourth-order valence-electron chi connectivity index (χ4n) is 3.53. The number of H-pyrrole nitrogens is 1. The summed E-state index contributed by atoms with van der Waals surface area (Å²) in [5.41, 5.74) is 6.01. The fourth-order valence-corrected chi connectivity index (χ4v) is 4.57. The number of nitrogens with zero attached hydrogens (tertiary/aromatic N) is 2. The third-order valence-corrected chi connectivity index (χ3v) is 6.22. The molecule has 0 unspecified atom stereocenters. The zero-order valence-corrected chi connectivity index (χ0v) is 15.6. The largest absolute Gasteiger partial charge is 0.276 e. The predicted molar refractivity (Wildman–Crippen MR) is 107 cm³/mol. The molecule has 6 nitrogen and oxygen atoms in total. The predicted octanol–water partition coefficient (Wildman–Crippen LogP) is 3.84. The quantitative estimate of drug-likeness (QED) is 0.490. The Bertz CT molecular complexity index is 1280. The Morgan fingerprint density at radius 2 is 1.79 bits per heavy atom. The van der Waals surface area contributed by atoms with Gasteiger partial charge in [-0.3, -0.25) is 14.8 Å². The van der Waals surface area contributed by atoms with Gasteiger partial charge in [0.25, 0.3) is 10.0 Å². The normalized spacial score (nSPS) is 12.4. The second kappa shape index (κ2) is 6.31. The van der Waals surface area contributed by atoms with Crippen LogP contribution in [0.3, 0.4) is 0 Å². The van der Waals surface area contributed by atoms with Crippen molar-refractivity contribution in [3.63, 3.8) is 0 Å². The number of benzene rings is 2. The van der Waals surface area contributed by atoms with Gasteiger partial charge in [-0.15, -0.1) is 0 Å². The lowest BCUT2D eigenvalue weighted by Crippen LogP contribution is -2.13. The van der Waals surface area contributed by atoms with E-state index in [1.165, 1.54) is 11.1 Å². The van der Waals surface area contributed by atoms with E-state index in [9.17, 15) is 8.42 Å². The molecular weight excluding hydrogens is 372 g/mol. The molecule has 0 atom stereocenters. The third-order valence-electron chi connectivity index (χ3n) is 4.86. The monoisotopic (exact) mass is 388 g/mol. The van der Waals surface area contributed by atoms with Crippen molar-refractivity contribution in [1.82, 2.24) is 15.2 Å². The summed E-state index contributed by atoms with van der Waals surface area (Å²) < 4.78 is 28.2. The van der Waals surface area contributed by atoms with Gasteiger partial charge in [-0.05, 0) is 52.9 Å². The van der Waals surface area contributed by atoms with Gasteiger partial charge in [0.1, 0.15) is 0 Å². The molecule has 7 heteroatoms. The molecule has 0 amide bonds. The zero-order valence-electron chi connectivity index (χ0n) is 14.8. The first-order valence-corrected chi connectivity index (χ1v) is 10.3. The van der Waals surface area contributed by atoms with Crippen molar-refractivity contribution < 1.29 is 8.42 Å². The number of hydrogen-bond acceptors (Lipinski definition) is 4. The van der Waals surface area contributed by atoms with E-state index in [0.717, 1.165) is 23.1 Å². The van der Waals surface area contributed by atoms with Crippen LogP contribution in [0.4, 0.5) is 5.82 Å². The topological polar surface area (TPSA) is 87.7 Å². The minimum Gasteiger partial charge on any atom is -0.276 e. The first kappa shape index (κ1) is 16.7. The fraction of sp³-hybridized carbons (Fsp3) is 0.0476. The summed E-state index contributed by atoms with van der Waals surface area (Å²) in [5.74, 6) is 0.239. The van der Waals surface area contributed by atoms with Crippen molar-refractivity contribution >= 4 is 15.8 Å². The minimum atomic E-state index is -3.74. The van der Waals surface area contributed by atoms with Crippen LogP contribution in [0.5, 0.6) is 0 Å². The number of aromatic amines is 1. The highest BCUT2D eigenvalue weighted by Gasteiger charge is 2.22. The Kier molecular flexibility index (Phi) is 3.77. The molecule has 1 aliphatic carbocycles. The van der Waals surface area contributed by atoms with Gasteiger partial charge < -0.3 is 0 Å². The average Bonchev–Trinajstić information content (AvgIpc) is 3.32. The van der Waals surface area contributed by atoms with Gasteiger partial charge in [-0.1, -0.05) is 30.3 Å². The highest BCUT2D eigenvalue weighted by atomic mass is 32.2. The lowest BCUT2D eigenvalue weighted by molar-refractivity contribution is 0.601. The van der Waals surface area contributed by atoms with Crippen molar-refractivity contribution in [2.45, 2.75) is 11.3 Å². The molecule has 0 fully saturated rings. The van der Waals surface area contributed by atoms with E-state index < -0.39 is 10.0 Å². The van der Waals surface area contributed by atoms with Crippen molar-refractivity contribution in [2.75, 3.05) is 4.72 Å². The molecule has 1 aliphatic rings. The van der Waals surface area contributed by atoms with Gasteiger partial charge in [0, 0.05) is 24.0 Å². The smallest absolute Gasteiger partial charge is 0.263 e. The second-order valence-electron chi connectivity index (χ2n) is 6.67. The Morgan fingerprint density at radius 3 is 2.64 bits per heavy atom. The first-order chi connectivity index (χ1) is 13.6. The van der Waals surface area contributed by atoms with E-state index in [0.29, 0.717) is 5.69 Å². The lowest BCUT2D eigenvalue weighted by atomic mass is 10.1.